The van der Waals surface area contributed by atoms with Crippen molar-refractivity contribution >= 4 is 118 Å². The average Bonchev–Trinajstić information content (AvgIpc) is 3.80. The Morgan fingerprint density at radius 1 is 0.462 bits per heavy atom. The number of hydrogen-bond donors (Lipinski definition) is 4. The van der Waals surface area contributed by atoms with Crippen LogP contribution >= 0.6 is 50.5 Å². The molecule has 2 heterocycles. The summed E-state index contributed by atoms with van der Waals surface area (Å²) in [5, 5.41) is 32.0. The first-order valence-corrected chi connectivity index (χ1v) is 18.0. The van der Waals surface area contributed by atoms with Crippen LogP contribution in [0.15, 0.2) is 151 Å². The molecule has 0 spiro atoms. The van der Waals surface area contributed by atoms with Gasteiger partial charge in [0.2, 0.25) is 0 Å². The molecule has 0 fully saturated rings. The highest BCUT2D eigenvalue weighted by atomic mass is 32.1. The van der Waals surface area contributed by atoms with Gasteiger partial charge in [-0.15, -0.1) is 70.9 Å². The monoisotopic (exact) mass is 746 g/mol. The maximum atomic E-state index is 4.79. The summed E-state index contributed by atoms with van der Waals surface area (Å²) in [5.41, 5.74) is 8.23. The molecule has 9 rings (SSSR count). The zero-order chi connectivity index (χ0) is 35.3. The summed E-state index contributed by atoms with van der Waals surface area (Å²) in [4.78, 5) is 6.64. The lowest BCUT2D eigenvalue weighted by molar-refractivity contribution is 0.764. The van der Waals surface area contributed by atoms with Gasteiger partial charge in [0.15, 0.2) is 0 Å². The fourth-order valence-electron chi connectivity index (χ4n) is 6.13. The van der Waals surface area contributed by atoms with Crippen LogP contribution in [0.2, 0.25) is 0 Å². The number of thiol groups is 4. The Morgan fingerprint density at radius 3 is 1.87 bits per heavy atom. The smallest absolute Gasteiger partial charge is 0.121 e. The van der Waals surface area contributed by atoms with Gasteiger partial charge in [0.25, 0.3) is 0 Å². The molecule has 0 aliphatic rings. The van der Waals surface area contributed by atoms with Gasteiger partial charge in [0.1, 0.15) is 22.1 Å². The van der Waals surface area contributed by atoms with E-state index in [1.165, 1.54) is 0 Å². The first-order chi connectivity index (χ1) is 25.4. The molecular formula is C40H26N8S4. The van der Waals surface area contributed by atoms with Crippen LogP contribution in [0.25, 0.3) is 67.1 Å². The van der Waals surface area contributed by atoms with Gasteiger partial charge < -0.3 is 0 Å². The summed E-state index contributed by atoms with van der Waals surface area (Å²) < 4.78 is 0. The zero-order valence-electron chi connectivity index (χ0n) is 27.1. The first kappa shape index (κ1) is 32.5. The fraction of sp³-hybridized carbons (Fsp3) is 0. The maximum absolute atomic E-state index is 4.79. The van der Waals surface area contributed by atoms with Crippen LogP contribution in [0, 0.1) is 0 Å². The standard InChI is InChI=1S/C40H26N8S4/c49-30-16-17-31-25(19-30)9-18-34-39(31)45-47(43-34)28-14-11-26(12-15-28)41-42-27-10-7-23(36(50)20-27)5-6-24-8-13-29(21-37(24)51)48-44-35-22-38(52)32-3-1-2-4-33(32)40(35)46-48/h1-22,49-52H. The second kappa shape index (κ2) is 13.3. The molecule has 0 atom stereocenters. The molecule has 0 N–H and O–H groups in total. The van der Waals surface area contributed by atoms with Gasteiger partial charge in [-0.3, -0.25) is 0 Å². The van der Waals surface area contributed by atoms with Crippen molar-refractivity contribution in [3.05, 3.63) is 132 Å². The van der Waals surface area contributed by atoms with Crippen molar-refractivity contribution in [2.75, 3.05) is 0 Å². The molecule has 2 aromatic heterocycles. The van der Waals surface area contributed by atoms with Gasteiger partial charge in [0.05, 0.1) is 22.7 Å². The molecule has 0 saturated carbocycles. The van der Waals surface area contributed by atoms with Gasteiger partial charge >= 0.3 is 0 Å². The Balaban J connectivity index is 0.892. The molecular weight excluding hydrogens is 721 g/mol. The van der Waals surface area contributed by atoms with Crippen LogP contribution in [0.3, 0.4) is 0 Å². The Bertz CT molecular complexity index is 2910. The minimum absolute atomic E-state index is 0.693. The molecule has 8 nitrogen and oxygen atoms in total. The Morgan fingerprint density at radius 2 is 1.10 bits per heavy atom. The lowest BCUT2D eigenvalue weighted by Crippen LogP contribution is -1.98. The van der Waals surface area contributed by atoms with Crippen LogP contribution in [0.1, 0.15) is 11.1 Å². The molecule has 12 heteroatoms. The molecule has 0 amide bonds. The summed E-state index contributed by atoms with van der Waals surface area (Å²) in [6.07, 6.45) is 4.01. The van der Waals surface area contributed by atoms with Crippen molar-refractivity contribution in [3.8, 4) is 11.4 Å². The normalized spacial score (nSPS) is 12.1. The number of hydrogen-bond acceptors (Lipinski definition) is 10. The highest BCUT2D eigenvalue weighted by molar-refractivity contribution is 7.81. The van der Waals surface area contributed by atoms with E-state index >= 15 is 0 Å². The third-order valence-corrected chi connectivity index (χ3v) is 10.2. The predicted molar refractivity (Wildman–Crippen MR) is 221 cm³/mol. The quantitative estimate of drug-likeness (QED) is 0.0775. The highest BCUT2D eigenvalue weighted by Crippen LogP contribution is 2.31. The number of aromatic nitrogens is 6. The van der Waals surface area contributed by atoms with Gasteiger partial charge in [0, 0.05) is 30.4 Å². The van der Waals surface area contributed by atoms with Crippen molar-refractivity contribution in [3.63, 3.8) is 0 Å². The Hall–Kier alpha value is -5.40. The van der Waals surface area contributed by atoms with Gasteiger partial charge in [-0.1, -0.05) is 60.7 Å². The van der Waals surface area contributed by atoms with Crippen LogP contribution in [-0.2, 0) is 0 Å². The second-order valence-corrected chi connectivity index (χ2v) is 14.1. The Kier molecular flexibility index (Phi) is 8.31. The third-order valence-electron chi connectivity index (χ3n) is 8.79. The van der Waals surface area contributed by atoms with Crippen molar-refractivity contribution in [1.82, 2.24) is 30.0 Å². The number of rotatable bonds is 6. The predicted octanol–water partition coefficient (Wildman–Crippen LogP) is 11.2. The Labute approximate surface area is 319 Å². The van der Waals surface area contributed by atoms with Crippen LogP contribution in [-0.4, -0.2) is 30.0 Å². The molecule has 9 aromatic rings. The van der Waals surface area contributed by atoms with Gasteiger partial charge in [-0.05, 0) is 94.7 Å². The molecule has 7 aromatic carbocycles. The third kappa shape index (κ3) is 6.13. The number of nitrogens with zero attached hydrogens (tertiary/aromatic N) is 8. The molecule has 0 radical (unpaired) electrons. The number of fused-ring (bicyclic) bond motifs is 6. The van der Waals surface area contributed by atoms with E-state index in [0.717, 1.165) is 85.7 Å². The summed E-state index contributed by atoms with van der Waals surface area (Å²) in [6, 6.07) is 39.4. The summed E-state index contributed by atoms with van der Waals surface area (Å²) in [7, 11) is 0. The lowest BCUT2D eigenvalue weighted by Gasteiger charge is -2.05. The molecule has 52 heavy (non-hydrogen) atoms. The fourth-order valence-corrected chi connectivity index (χ4v) is 7.23. The largest absolute Gasteiger partial charge is 0.151 e. The van der Waals surface area contributed by atoms with E-state index in [1.54, 1.807) is 9.59 Å². The summed E-state index contributed by atoms with van der Waals surface area (Å²) in [5.74, 6) is 0. The molecule has 0 aliphatic carbocycles. The average molecular weight is 747 g/mol. The first-order valence-electron chi connectivity index (χ1n) is 16.2. The SMILES string of the molecule is Sc1ccc2c(ccc3nn(-c4ccc(N=Nc5ccc(C=Cc6ccc(-n7nc8cc(S)c9ccccc9c8n7)cc6S)c(S)c5)cc4)nc32)c1. The number of azo groups is 1. The molecule has 0 saturated heterocycles. The second-order valence-electron chi connectivity index (χ2n) is 12.2. The van der Waals surface area contributed by atoms with Gasteiger partial charge in [-0.2, -0.15) is 19.8 Å². The van der Waals surface area contributed by atoms with Crippen molar-refractivity contribution in [2.45, 2.75) is 19.6 Å². The topological polar surface area (TPSA) is 86.1 Å². The number of benzene rings is 7. The highest BCUT2D eigenvalue weighted by Gasteiger charge is 2.12. The molecule has 0 unspecified atom stereocenters. The van der Waals surface area contributed by atoms with E-state index in [4.69, 9.17) is 40.6 Å². The summed E-state index contributed by atoms with van der Waals surface area (Å²) in [6.45, 7) is 0. The zero-order valence-corrected chi connectivity index (χ0v) is 30.6. The molecule has 250 valence electrons. The van der Waals surface area contributed by atoms with E-state index < -0.39 is 0 Å². The van der Waals surface area contributed by atoms with Crippen molar-refractivity contribution < 1.29 is 0 Å². The van der Waals surface area contributed by atoms with Crippen molar-refractivity contribution in [2.24, 2.45) is 10.2 Å². The van der Waals surface area contributed by atoms with E-state index in [-0.39, 0.29) is 0 Å². The van der Waals surface area contributed by atoms with Gasteiger partial charge in [-0.25, -0.2) is 0 Å². The summed E-state index contributed by atoms with van der Waals surface area (Å²) >= 11 is 18.6. The lowest BCUT2D eigenvalue weighted by atomic mass is 10.1. The molecule has 0 bridgehead atoms. The molecule has 0 aliphatic heterocycles. The van der Waals surface area contributed by atoms with Crippen LogP contribution in [0.5, 0.6) is 0 Å². The van der Waals surface area contributed by atoms with E-state index in [2.05, 4.69) is 40.6 Å². The van der Waals surface area contributed by atoms with E-state index in [0.29, 0.717) is 11.4 Å². The van der Waals surface area contributed by atoms with Crippen LogP contribution in [0.4, 0.5) is 11.4 Å². The van der Waals surface area contributed by atoms with Crippen molar-refractivity contribution in [1.29, 1.82) is 0 Å². The maximum Gasteiger partial charge on any atom is 0.121 e. The van der Waals surface area contributed by atoms with Crippen LogP contribution < -0.4 is 0 Å². The minimum Gasteiger partial charge on any atom is -0.151 e. The van der Waals surface area contributed by atoms with E-state index in [1.807, 2.05) is 133 Å². The minimum atomic E-state index is 0.693. The van der Waals surface area contributed by atoms with E-state index in [9.17, 15) is 0 Å².